The molecule has 29 heavy (non-hydrogen) atoms. The second-order valence-corrected chi connectivity index (χ2v) is 7.50. The second-order valence-electron chi connectivity index (χ2n) is 7.50. The third kappa shape index (κ3) is 7.49. The first-order chi connectivity index (χ1) is 13.6. The lowest BCUT2D eigenvalue weighted by Crippen LogP contribution is -2.37. The monoisotopic (exact) mass is 512 g/mol. The highest BCUT2D eigenvalue weighted by molar-refractivity contribution is 14.0. The number of aromatic nitrogens is 3. The van der Waals surface area contributed by atoms with Gasteiger partial charge in [0.25, 0.3) is 0 Å². The van der Waals surface area contributed by atoms with Gasteiger partial charge in [0.15, 0.2) is 5.96 Å². The van der Waals surface area contributed by atoms with E-state index in [9.17, 15) is 0 Å². The molecule has 0 amide bonds. The fourth-order valence-corrected chi connectivity index (χ4v) is 3.39. The van der Waals surface area contributed by atoms with Crippen molar-refractivity contribution < 1.29 is 4.74 Å². The highest BCUT2D eigenvalue weighted by Crippen LogP contribution is 2.26. The van der Waals surface area contributed by atoms with E-state index in [2.05, 4.69) is 34.6 Å². The number of nitrogens with zero attached hydrogens (tertiary/aromatic N) is 4. The molecule has 0 aromatic carbocycles. The SMILES string of the molecule is CCNC(=NCc1ccnc(OC2CCC(C)CC2)c1)NCc1ccnn1C.I. The molecule has 0 saturated heterocycles. The van der Waals surface area contributed by atoms with Gasteiger partial charge in [-0.25, -0.2) is 9.98 Å². The summed E-state index contributed by atoms with van der Waals surface area (Å²) in [4.78, 5) is 9.08. The van der Waals surface area contributed by atoms with E-state index in [1.807, 2.05) is 36.1 Å². The summed E-state index contributed by atoms with van der Waals surface area (Å²) in [5, 5.41) is 10.8. The number of ether oxygens (including phenoxy) is 1. The van der Waals surface area contributed by atoms with Crippen LogP contribution < -0.4 is 15.4 Å². The van der Waals surface area contributed by atoms with Crippen LogP contribution >= 0.6 is 24.0 Å². The summed E-state index contributed by atoms with van der Waals surface area (Å²) in [7, 11) is 1.94. The molecule has 2 N–H and O–H groups in total. The van der Waals surface area contributed by atoms with Crippen LogP contribution in [0.5, 0.6) is 5.88 Å². The zero-order valence-electron chi connectivity index (χ0n) is 17.6. The molecule has 1 aliphatic carbocycles. The Morgan fingerprint density at radius 3 is 2.69 bits per heavy atom. The van der Waals surface area contributed by atoms with Crippen LogP contribution in [0.25, 0.3) is 0 Å². The first kappa shape index (κ1) is 23.4. The number of hydrogen-bond donors (Lipinski definition) is 2. The molecule has 2 heterocycles. The summed E-state index contributed by atoms with van der Waals surface area (Å²) in [5.41, 5.74) is 2.19. The summed E-state index contributed by atoms with van der Waals surface area (Å²) >= 11 is 0. The largest absolute Gasteiger partial charge is 0.474 e. The van der Waals surface area contributed by atoms with Crippen molar-refractivity contribution in [2.75, 3.05) is 6.54 Å². The van der Waals surface area contributed by atoms with E-state index in [1.165, 1.54) is 12.8 Å². The molecular weight excluding hydrogens is 479 g/mol. The van der Waals surface area contributed by atoms with Gasteiger partial charge in [-0.05, 0) is 56.2 Å². The highest BCUT2D eigenvalue weighted by atomic mass is 127. The molecule has 0 aliphatic heterocycles. The standard InChI is InChI=1S/C21H32N6O.HI/c1-4-22-21(25-15-18-10-12-26-27(18)3)24-14-17-9-11-23-20(13-17)28-19-7-5-16(2)6-8-19;/h9-13,16,19H,4-8,14-15H2,1-3H3,(H2,22,24,25);1H. The molecule has 0 bridgehead atoms. The van der Waals surface area contributed by atoms with Gasteiger partial charge in [-0.2, -0.15) is 5.10 Å². The highest BCUT2D eigenvalue weighted by Gasteiger charge is 2.19. The Labute approximate surface area is 190 Å². The number of aryl methyl sites for hydroxylation is 1. The molecular formula is C21H33IN6O. The minimum atomic E-state index is 0. The van der Waals surface area contributed by atoms with Crippen LogP contribution in [-0.4, -0.2) is 33.4 Å². The van der Waals surface area contributed by atoms with Crippen molar-refractivity contribution in [3.8, 4) is 5.88 Å². The molecule has 0 atom stereocenters. The number of pyridine rings is 1. The van der Waals surface area contributed by atoms with Crippen molar-refractivity contribution in [2.24, 2.45) is 18.0 Å². The van der Waals surface area contributed by atoms with Gasteiger partial charge in [0.05, 0.1) is 18.8 Å². The molecule has 0 spiro atoms. The van der Waals surface area contributed by atoms with E-state index in [0.717, 1.165) is 42.5 Å². The minimum absolute atomic E-state index is 0. The molecule has 1 aliphatic rings. The Morgan fingerprint density at radius 2 is 2.00 bits per heavy atom. The maximum atomic E-state index is 6.11. The number of aliphatic imine (C=N–C) groups is 1. The molecule has 160 valence electrons. The van der Waals surface area contributed by atoms with Crippen LogP contribution in [-0.2, 0) is 20.1 Å². The van der Waals surface area contributed by atoms with Crippen molar-refractivity contribution in [2.45, 2.75) is 58.7 Å². The van der Waals surface area contributed by atoms with Crippen molar-refractivity contribution in [1.29, 1.82) is 0 Å². The number of hydrogen-bond acceptors (Lipinski definition) is 4. The van der Waals surface area contributed by atoms with Crippen molar-refractivity contribution in [1.82, 2.24) is 25.4 Å². The number of halogens is 1. The van der Waals surface area contributed by atoms with Crippen LogP contribution in [0.1, 0.15) is 50.8 Å². The van der Waals surface area contributed by atoms with Gasteiger partial charge in [0.2, 0.25) is 5.88 Å². The maximum Gasteiger partial charge on any atom is 0.213 e. The Balaban J connectivity index is 0.00000300. The molecule has 2 aromatic rings. The van der Waals surface area contributed by atoms with Gasteiger partial charge in [-0.3, -0.25) is 4.68 Å². The van der Waals surface area contributed by atoms with E-state index in [0.29, 0.717) is 25.1 Å². The summed E-state index contributed by atoms with van der Waals surface area (Å²) in [5.74, 6) is 2.31. The molecule has 1 fully saturated rings. The van der Waals surface area contributed by atoms with Crippen LogP contribution in [0, 0.1) is 5.92 Å². The van der Waals surface area contributed by atoms with Gasteiger partial charge in [0.1, 0.15) is 6.10 Å². The van der Waals surface area contributed by atoms with Gasteiger partial charge in [-0.15, -0.1) is 24.0 Å². The number of nitrogens with one attached hydrogen (secondary N) is 2. The first-order valence-electron chi connectivity index (χ1n) is 10.2. The smallest absolute Gasteiger partial charge is 0.213 e. The molecule has 1 saturated carbocycles. The van der Waals surface area contributed by atoms with E-state index < -0.39 is 0 Å². The van der Waals surface area contributed by atoms with Crippen LogP contribution in [0.4, 0.5) is 0 Å². The third-order valence-corrected chi connectivity index (χ3v) is 5.17. The van der Waals surface area contributed by atoms with E-state index in [-0.39, 0.29) is 24.0 Å². The Kier molecular flexibility index (Phi) is 9.69. The fourth-order valence-electron chi connectivity index (χ4n) is 3.39. The minimum Gasteiger partial charge on any atom is -0.474 e. The molecule has 3 rings (SSSR count). The van der Waals surface area contributed by atoms with E-state index in [1.54, 1.807) is 6.20 Å². The molecule has 7 nitrogen and oxygen atoms in total. The zero-order chi connectivity index (χ0) is 19.8. The molecule has 8 heteroatoms. The van der Waals surface area contributed by atoms with E-state index in [4.69, 9.17) is 9.73 Å². The average molecular weight is 512 g/mol. The van der Waals surface area contributed by atoms with Gasteiger partial charge in [0, 0.05) is 32.1 Å². The molecule has 2 aromatic heterocycles. The maximum absolute atomic E-state index is 6.11. The van der Waals surface area contributed by atoms with E-state index >= 15 is 0 Å². The van der Waals surface area contributed by atoms with Crippen LogP contribution in [0.3, 0.4) is 0 Å². The predicted octanol–water partition coefficient (Wildman–Crippen LogP) is 3.65. The topological polar surface area (TPSA) is 76.4 Å². The summed E-state index contributed by atoms with van der Waals surface area (Å²) < 4.78 is 7.96. The zero-order valence-corrected chi connectivity index (χ0v) is 19.9. The fraction of sp³-hybridized carbons (Fsp3) is 0.571. The van der Waals surface area contributed by atoms with Crippen molar-refractivity contribution >= 4 is 29.9 Å². The van der Waals surface area contributed by atoms with Gasteiger partial charge in [-0.1, -0.05) is 6.92 Å². The lowest BCUT2D eigenvalue weighted by Gasteiger charge is -2.26. The van der Waals surface area contributed by atoms with Gasteiger partial charge < -0.3 is 15.4 Å². The first-order valence-corrected chi connectivity index (χ1v) is 10.2. The van der Waals surface area contributed by atoms with Crippen molar-refractivity contribution in [3.63, 3.8) is 0 Å². The molecule has 0 unspecified atom stereocenters. The predicted molar refractivity (Wildman–Crippen MR) is 127 cm³/mol. The summed E-state index contributed by atoms with van der Waals surface area (Å²) in [6, 6.07) is 5.99. The number of guanidine groups is 1. The molecule has 0 radical (unpaired) electrons. The Hall–Kier alpha value is -1.84. The number of rotatable bonds is 7. The van der Waals surface area contributed by atoms with Crippen LogP contribution in [0.15, 0.2) is 35.6 Å². The van der Waals surface area contributed by atoms with Gasteiger partial charge >= 0.3 is 0 Å². The lowest BCUT2D eigenvalue weighted by molar-refractivity contribution is 0.130. The normalized spacial score (nSPS) is 19.3. The lowest BCUT2D eigenvalue weighted by atomic mass is 9.89. The average Bonchev–Trinajstić information content (AvgIpc) is 3.11. The van der Waals surface area contributed by atoms with Crippen LogP contribution in [0.2, 0.25) is 0 Å². The Bertz CT molecular complexity index is 770. The summed E-state index contributed by atoms with van der Waals surface area (Å²) in [6.07, 6.45) is 8.61. The Morgan fingerprint density at radius 1 is 1.21 bits per heavy atom. The quantitative estimate of drug-likeness (QED) is 0.337. The summed E-state index contributed by atoms with van der Waals surface area (Å²) in [6.45, 7) is 6.43. The third-order valence-electron chi connectivity index (χ3n) is 5.17. The van der Waals surface area contributed by atoms with Crippen molar-refractivity contribution in [3.05, 3.63) is 41.9 Å². The second kappa shape index (κ2) is 12.0.